The molecule has 18 heavy (non-hydrogen) atoms. The number of carbonyl (C=O) groups is 1. The van der Waals surface area contributed by atoms with E-state index in [1.165, 1.54) is 11.3 Å². The Labute approximate surface area is 112 Å². The van der Waals surface area contributed by atoms with E-state index in [2.05, 4.69) is 5.32 Å². The molecular weight excluding hydrogens is 250 g/mol. The van der Waals surface area contributed by atoms with Crippen LogP contribution in [0.25, 0.3) is 0 Å². The molecule has 0 amide bonds. The lowest BCUT2D eigenvalue weighted by Gasteiger charge is -2.27. The van der Waals surface area contributed by atoms with E-state index in [0.29, 0.717) is 0 Å². The first-order valence-corrected chi connectivity index (χ1v) is 7.05. The minimum absolute atomic E-state index is 0.0282. The van der Waals surface area contributed by atoms with Crippen LogP contribution in [-0.2, 0) is 4.79 Å². The molecule has 4 nitrogen and oxygen atoms in total. The number of aliphatic hydroxyl groups is 1. The molecule has 0 fully saturated rings. The lowest BCUT2D eigenvalue weighted by Crippen LogP contribution is -2.48. The average molecular weight is 271 g/mol. The van der Waals surface area contributed by atoms with Crippen molar-refractivity contribution in [1.29, 1.82) is 0 Å². The first-order valence-electron chi connectivity index (χ1n) is 6.17. The number of carboxylic acid groups (broad SMARTS) is 1. The predicted molar refractivity (Wildman–Crippen MR) is 72.8 cm³/mol. The third-order valence-electron chi connectivity index (χ3n) is 3.23. The molecule has 0 spiro atoms. The topological polar surface area (TPSA) is 69.6 Å². The SMILES string of the molecule is CCC(C)C(NC(C)C(O)c1cccs1)C(=O)O. The Morgan fingerprint density at radius 2 is 2.17 bits per heavy atom. The quantitative estimate of drug-likeness (QED) is 0.711. The molecule has 4 unspecified atom stereocenters. The zero-order valence-corrected chi connectivity index (χ0v) is 11.8. The third kappa shape index (κ3) is 3.80. The second kappa shape index (κ2) is 6.87. The first-order chi connectivity index (χ1) is 8.47. The molecule has 102 valence electrons. The van der Waals surface area contributed by atoms with Crippen molar-refractivity contribution in [2.75, 3.05) is 0 Å². The van der Waals surface area contributed by atoms with E-state index in [0.717, 1.165) is 11.3 Å². The predicted octanol–water partition coefficient (Wildman–Crippen LogP) is 2.26. The summed E-state index contributed by atoms with van der Waals surface area (Å²) in [6, 6.07) is 2.81. The first kappa shape index (κ1) is 15.1. The van der Waals surface area contributed by atoms with E-state index in [-0.39, 0.29) is 12.0 Å². The number of thiophene rings is 1. The summed E-state index contributed by atoms with van der Waals surface area (Å²) >= 11 is 1.47. The Balaban J connectivity index is 2.66. The van der Waals surface area contributed by atoms with Gasteiger partial charge in [-0.05, 0) is 24.3 Å². The summed E-state index contributed by atoms with van der Waals surface area (Å²) < 4.78 is 0. The summed E-state index contributed by atoms with van der Waals surface area (Å²) in [5.41, 5.74) is 0. The number of rotatable bonds is 7. The maximum atomic E-state index is 11.2. The van der Waals surface area contributed by atoms with Crippen molar-refractivity contribution in [1.82, 2.24) is 5.32 Å². The number of carboxylic acids is 1. The highest BCUT2D eigenvalue weighted by Crippen LogP contribution is 2.22. The molecule has 0 aliphatic carbocycles. The molecule has 1 aromatic rings. The Morgan fingerprint density at radius 1 is 1.50 bits per heavy atom. The summed E-state index contributed by atoms with van der Waals surface area (Å²) in [6.45, 7) is 5.67. The molecule has 0 aliphatic rings. The van der Waals surface area contributed by atoms with Crippen LogP contribution in [0, 0.1) is 5.92 Å². The van der Waals surface area contributed by atoms with Crippen molar-refractivity contribution in [3.8, 4) is 0 Å². The van der Waals surface area contributed by atoms with Crippen molar-refractivity contribution < 1.29 is 15.0 Å². The maximum absolute atomic E-state index is 11.2. The van der Waals surface area contributed by atoms with Gasteiger partial charge in [-0.2, -0.15) is 0 Å². The van der Waals surface area contributed by atoms with E-state index in [4.69, 9.17) is 0 Å². The number of nitrogens with one attached hydrogen (secondary N) is 1. The molecule has 0 saturated carbocycles. The smallest absolute Gasteiger partial charge is 0.320 e. The largest absolute Gasteiger partial charge is 0.480 e. The Bertz CT molecular complexity index is 366. The van der Waals surface area contributed by atoms with Crippen LogP contribution in [0.3, 0.4) is 0 Å². The minimum atomic E-state index is -0.866. The molecule has 0 aliphatic heterocycles. The van der Waals surface area contributed by atoms with E-state index in [1.54, 1.807) is 0 Å². The van der Waals surface area contributed by atoms with Gasteiger partial charge in [-0.25, -0.2) is 0 Å². The van der Waals surface area contributed by atoms with Crippen LogP contribution in [0.1, 0.15) is 38.2 Å². The van der Waals surface area contributed by atoms with Crippen LogP contribution in [-0.4, -0.2) is 28.3 Å². The fourth-order valence-electron chi connectivity index (χ4n) is 1.79. The molecular formula is C13H21NO3S. The summed E-state index contributed by atoms with van der Waals surface area (Å²) in [6.07, 6.45) is 0.113. The van der Waals surface area contributed by atoms with E-state index in [9.17, 15) is 15.0 Å². The highest BCUT2D eigenvalue weighted by Gasteiger charge is 2.28. The number of hydrogen-bond donors (Lipinski definition) is 3. The van der Waals surface area contributed by atoms with Gasteiger partial charge in [0.2, 0.25) is 0 Å². The lowest BCUT2D eigenvalue weighted by molar-refractivity contribution is -0.141. The monoisotopic (exact) mass is 271 g/mol. The van der Waals surface area contributed by atoms with Gasteiger partial charge in [-0.3, -0.25) is 10.1 Å². The molecule has 0 radical (unpaired) electrons. The molecule has 4 atom stereocenters. The second-order valence-electron chi connectivity index (χ2n) is 4.62. The summed E-state index contributed by atoms with van der Waals surface area (Å²) in [7, 11) is 0. The number of aliphatic hydroxyl groups excluding tert-OH is 1. The van der Waals surface area contributed by atoms with Crippen molar-refractivity contribution >= 4 is 17.3 Å². The highest BCUT2D eigenvalue weighted by atomic mass is 32.1. The Kier molecular flexibility index (Phi) is 5.78. The van der Waals surface area contributed by atoms with Crippen LogP contribution in [0.2, 0.25) is 0 Å². The van der Waals surface area contributed by atoms with Crippen LogP contribution < -0.4 is 5.32 Å². The van der Waals surface area contributed by atoms with E-state index >= 15 is 0 Å². The van der Waals surface area contributed by atoms with Crippen molar-refractivity contribution in [2.24, 2.45) is 5.92 Å². The molecule has 1 aromatic heterocycles. The summed E-state index contributed by atoms with van der Waals surface area (Å²) in [5, 5.41) is 24.2. The van der Waals surface area contributed by atoms with Crippen molar-refractivity contribution in [3.05, 3.63) is 22.4 Å². The van der Waals surface area contributed by atoms with Gasteiger partial charge in [0.25, 0.3) is 0 Å². The molecule has 0 saturated heterocycles. The zero-order chi connectivity index (χ0) is 13.7. The molecule has 0 bridgehead atoms. The van der Waals surface area contributed by atoms with Gasteiger partial charge in [0, 0.05) is 10.9 Å². The van der Waals surface area contributed by atoms with Crippen LogP contribution in [0.5, 0.6) is 0 Å². The van der Waals surface area contributed by atoms with E-state index < -0.39 is 18.1 Å². The fraction of sp³-hybridized carbons (Fsp3) is 0.615. The van der Waals surface area contributed by atoms with E-state index in [1.807, 2.05) is 38.3 Å². The summed E-state index contributed by atoms with van der Waals surface area (Å²) in [5.74, 6) is -0.838. The van der Waals surface area contributed by atoms with Gasteiger partial charge >= 0.3 is 5.97 Å². The van der Waals surface area contributed by atoms with Gasteiger partial charge in [-0.1, -0.05) is 26.3 Å². The van der Waals surface area contributed by atoms with Crippen LogP contribution in [0.15, 0.2) is 17.5 Å². The molecule has 1 heterocycles. The fourth-order valence-corrected chi connectivity index (χ4v) is 2.61. The molecule has 5 heteroatoms. The number of aliphatic carboxylic acids is 1. The van der Waals surface area contributed by atoms with Crippen molar-refractivity contribution in [2.45, 2.75) is 45.4 Å². The Hall–Kier alpha value is -0.910. The molecule has 0 aromatic carbocycles. The van der Waals surface area contributed by atoms with Gasteiger partial charge in [0.05, 0.1) is 0 Å². The molecule has 1 rings (SSSR count). The van der Waals surface area contributed by atoms with Crippen LogP contribution >= 0.6 is 11.3 Å². The third-order valence-corrected chi connectivity index (χ3v) is 4.17. The maximum Gasteiger partial charge on any atom is 0.320 e. The lowest BCUT2D eigenvalue weighted by atomic mass is 9.97. The molecule has 3 N–H and O–H groups in total. The summed E-state index contributed by atoms with van der Waals surface area (Å²) in [4.78, 5) is 12.1. The van der Waals surface area contributed by atoms with Gasteiger partial charge in [-0.15, -0.1) is 11.3 Å². The zero-order valence-electron chi connectivity index (χ0n) is 11.0. The normalized spacial score (nSPS) is 18.0. The standard InChI is InChI=1S/C13H21NO3S/c1-4-8(2)11(13(16)17)14-9(3)12(15)10-6-5-7-18-10/h5-9,11-12,14-15H,4H2,1-3H3,(H,16,17). The van der Waals surface area contributed by atoms with Gasteiger partial charge in [0.1, 0.15) is 12.1 Å². The average Bonchev–Trinajstić information content (AvgIpc) is 2.87. The Morgan fingerprint density at radius 3 is 2.61 bits per heavy atom. The van der Waals surface area contributed by atoms with Crippen molar-refractivity contribution in [3.63, 3.8) is 0 Å². The van der Waals surface area contributed by atoms with Gasteiger partial charge < -0.3 is 10.2 Å². The highest BCUT2D eigenvalue weighted by molar-refractivity contribution is 7.10. The minimum Gasteiger partial charge on any atom is -0.480 e. The van der Waals surface area contributed by atoms with Crippen LogP contribution in [0.4, 0.5) is 0 Å². The second-order valence-corrected chi connectivity index (χ2v) is 5.60. The number of hydrogen-bond acceptors (Lipinski definition) is 4. The van der Waals surface area contributed by atoms with Gasteiger partial charge in [0.15, 0.2) is 0 Å².